The second kappa shape index (κ2) is 44.3. The maximum Gasteiger partial charge on any atom is 0.133 e. The molecule has 4 atom stereocenters. The van der Waals surface area contributed by atoms with Crippen molar-refractivity contribution in [1.29, 1.82) is 0 Å². The molecule has 0 aliphatic heterocycles. The van der Waals surface area contributed by atoms with Crippen LogP contribution >= 0.6 is 11.8 Å². The molecule has 1 saturated carbocycles. The van der Waals surface area contributed by atoms with E-state index in [0.717, 1.165) is 38.1 Å². The Morgan fingerprint density at radius 1 is 0.600 bits per heavy atom. The fourth-order valence-corrected chi connectivity index (χ4v) is 10.2. The number of thioether (sulfide) groups is 1. The van der Waals surface area contributed by atoms with Crippen LogP contribution in [0.2, 0.25) is 0 Å². The number of ketones is 1. The maximum absolute atomic E-state index is 13.9. The number of Topliss-reactive ketones (excluding diaryl/α,β-unsaturated/α-hetero) is 1. The molecule has 1 fully saturated rings. The van der Waals surface area contributed by atoms with E-state index in [-0.39, 0.29) is 0 Å². The number of allylic oxidation sites excluding steroid dienone is 9. The van der Waals surface area contributed by atoms with Crippen molar-refractivity contribution in [3.05, 3.63) is 60.8 Å². The Morgan fingerprint density at radius 2 is 1.07 bits per heavy atom. The lowest BCUT2D eigenvalue weighted by molar-refractivity contribution is -0.121. The Labute approximate surface area is 381 Å². The molecule has 1 N–H and O–H groups in total. The molecule has 0 aromatic rings. The molecule has 0 radical (unpaired) electrons. The molecule has 0 spiro atoms. The fraction of sp³-hybridized carbons (Fsp3) is 0.807. The van der Waals surface area contributed by atoms with Gasteiger partial charge in [0.1, 0.15) is 5.78 Å². The monoisotopic (exact) mass is 850 g/mol. The molecule has 3 heteroatoms. The van der Waals surface area contributed by atoms with Gasteiger partial charge >= 0.3 is 0 Å². The predicted octanol–water partition coefficient (Wildman–Crippen LogP) is 18.5. The van der Waals surface area contributed by atoms with Crippen LogP contribution < -0.4 is 5.32 Å². The van der Waals surface area contributed by atoms with E-state index in [4.69, 9.17) is 0 Å². The van der Waals surface area contributed by atoms with Gasteiger partial charge in [-0.1, -0.05) is 184 Å². The molecule has 0 bridgehead atoms. The van der Waals surface area contributed by atoms with Crippen molar-refractivity contribution in [2.75, 3.05) is 25.6 Å². The summed E-state index contributed by atoms with van der Waals surface area (Å²) in [5.74, 6) is 4.47. The minimum Gasteiger partial charge on any atom is -0.320 e. The first-order valence-corrected chi connectivity index (χ1v) is 27.9. The normalized spacial score (nSPS) is 17.7. The second-order valence-corrected chi connectivity index (χ2v) is 20.0. The Kier molecular flexibility index (Phi) is 41.9. The Bertz CT molecular complexity index is 1020. The number of carbonyl (C=O) groups excluding carboxylic acids is 1. The number of unbranched alkanes of at least 4 members (excludes halogenated alkanes) is 19. The van der Waals surface area contributed by atoms with Crippen LogP contribution in [0.1, 0.15) is 245 Å². The van der Waals surface area contributed by atoms with Crippen molar-refractivity contribution in [2.45, 2.75) is 245 Å². The number of carbonyl (C=O) groups is 1. The van der Waals surface area contributed by atoms with Gasteiger partial charge in [-0.25, -0.2) is 0 Å². The molecule has 60 heavy (non-hydrogen) atoms. The lowest BCUT2D eigenvalue weighted by atomic mass is 9.79. The highest BCUT2D eigenvalue weighted by molar-refractivity contribution is 7.98. The zero-order chi connectivity index (χ0) is 43.4. The molecule has 0 aromatic heterocycles. The number of nitrogens with one attached hydrogen (secondary N) is 1. The molecule has 1 aliphatic carbocycles. The zero-order valence-electron chi connectivity index (χ0n) is 40.8. The lowest BCUT2D eigenvalue weighted by Gasteiger charge is -2.26. The highest BCUT2D eigenvalue weighted by Crippen LogP contribution is 2.45. The van der Waals surface area contributed by atoms with Crippen molar-refractivity contribution >= 4 is 17.5 Å². The van der Waals surface area contributed by atoms with Crippen molar-refractivity contribution < 1.29 is 4.79 Å². The average Bonchev–Trinajstić information content (AvgIpc) is 3.61. The number of rotatable bonds is 45. The van der Waals surface area contributed by atoms with Gasteiger partial charge in [0.15, 0.2) is 0 Å². The third-order valence-electron chi connectivity index (χ3n) is 13.4. The van der Waals surface area contributed by atoms with Crippen LogP contribution in [0.3, 0.4) is 0 Å². The van der Waals surface area contributed by atoms with E-state index in [1.54, 1.807) is 0 Å². The number of hydrogen-bond donors (Lipinski definition) is 1. The van der Waals surface area contributed by atoms with E-state index < -0.39 is 0 Å². The SMILES string of the molecule is C=C(CCCSC)CC1CCC(CC(=O)CC(CCCCCCCCC=CC/C=C\CCCCC)CCCCCCCC/C=C\C/C=C\CCCCC)C1CCCCNC. The zero-order valence-corrected chi connectivity index (χ0v) is 41.6. The first kappa shape index (κ1) is 56.7. The smallest absolute Gasteiger partial charge is 0.133 e. The van der Waals surface area contributed by atoms with E-state index >= 15 is 0 Å². The summed E-state index contributed by atoms with van der Waals surface area (Å²) in [7, 11) is 2.07. The summed E-state index contributed by atoms with van der Waals surface area (Å²) in [6.07, 6.45) is 66.6. The summed E-state index contributed by atoms with van der Waals surface area (Å²) in [5.41, 5.74) is 1.46. The standard InChI is InChI=1S/C57H103NOS/c1-6-8-10-12-14-16-18-20-22-24-26-28-30-32-34-36-42-53(43-37-35-33-31-29-27-25-23-21-19-17-15-13-11-9-7-2)50-56(59)51-55-46-45-54(49-52(3)41-40-48-60-5)57(55)44-38-39-47-58-4/h14-17,20-23,53-55,57-58H,3,6-13,18-19,24-51H2,1-2,4-5H3/b16-14-,17-15-,22-20-,23-21?. The molecule has 0 amide bonds. The summed E-state index contributed by atoms with van der Waals surface area (Å²) in [6.45, 7) is 10.2. The maximum atomic E-state index is 13.9. The minimum absolute atomic E-state index is 0.588. The molecule has 348 valence electrons. The first-order chi connectivity index (χ1) is 29.5. The van der Waals surface area contributed by atoms with E-state index in [1.165, 1.54) is 217 Å². The van der Waals surface area contributed by atoms with E-state index in [1.807, 2.05) is 11.8 Å². The van der Waals surface area contributed by atoms with E-state index in [2.05, 4.69) is 87.7 Å². The van der Waals surface area contributed by atoms with Crippen LogP contribution in [-0.2, 0) is 4.79 Å². The van der Waals surface area contributed by atoms with E-state index in [9.17, 15) is 4.79 Å². The summed E-state index contributed by atoms with van der Waals surface area (Å²) >= 11 is 1.95. The van der Waals surface area contributed by atoms with Gasteiger partial charge in [-0.2, -0.15) is 11.8 Å². The van der Waals surface area contributed by atoms with Crippen LogP contribution in [0, 0.1) is 23.7 Å². The van der Waals surface area contributed by atoms with Crippen molar-refractivity contribution in [1.82, 2.24) is 5.32 Å². The Hall–Kier alpha value is -1.32. The second-order valence-electron chi connectivity index (χ2n) is 19.0. The van der Waals surface area contributed by atoms with Crippen molar-refractivity contribution in [3.8, 4) is 0 Å². The molecule has 1 rings (SSSR count). The lowest BCUT2D eigenvalue weighted by Crippen LogP contribution is -2.20. The van der Waals surface area contributed by atoms with Gasteiger partial charge in [-0.15, -0.1) is 0 Å². The largest absolute Gasteiger partial charge is 0.320 e. The molecular formula is C57H103NOS. The third kappa shape index (κ3) is 35.2. The molecule has 4 unspecified atom stereocenters. The van der Waals surface area contributed by atoms with Crippen molar-refractivity contribution in [2.24, 2.45) is 23.7 Å². The van der Waals surface area contributed by atoms with Gasteiger partial charge in [0, 0.05) is 12.8 Å². The summed E-state index contributed by atoms with van der Waals surface area (Å²) in [6, 6.07) is 0. The van der Waals surface area contributed by atoms with Gasteiger partial charge in [-0.05, 0) is 158 Å². The number of hydrogen-bond acceptors (Lipinski definition) is 3. The molecule has 0 aromatic carbocycles. The quantitative estimate of drug-likeness (QED) is 0.0489. The first-order valence-electron chi connectivity index (χ1n) is 26.5. The van der Waals surface area contributed by atoms with Gasteiger partial charge in [0.05, 0.1) is 0 Å². The molecule has 1 aliphatic rings. The van der Waals surface area contributed by atoms with Gasteiger partial charge in [-0.3, -0.25) is 4.79 Å². The van der Waals surface area contributed by atoms with Crippen molar-refractivity contribution in [3.63, 3.8) is 0 Å². The van der Waals surface area contributed by atoms with Gasteiger partial charge in [0.25, 0.3) is 0 Å². The molecule has 0 heterocycles. The van der Waals surface area contributed by atoms with Crippen LogP contribution in [0.4, 0.5) is 0 Å². The van der Waals surface area contributed by atoms with E-state index in [0.29, 0.717) is 23.5 Å². The minimum atomic E-state index is 0.588. The predicted molar refractivity (Wildman–Crippen MR) is 275 cm³/mol. The third-order valence-corrected chi connectivity index (χ3v) is 14.1. The fourth-order valence-electron chi connectivity index (χ4n) is 9.73. The van der Waals surface area contributed by atoms with Gasteiger partial charge in [0.2, 0.25) is 0 Å². The summed E-state index contributed by atoms with van der Waals surface area (Å²) in [5, 5.41) is 3.35. The van der Waals surface area contributed by atoms with Crippen LogP contribution in [0.25, 0.3) is 0 Å². The molecule has 2 nitrogen and oxygen atoms in total. The average molecular weight is 851 g/mol. The highest BCUT2D eigenvalue weighted by Gasteiger charge is 2.36. The van der Waals surface area contributed by atoms with Crippen LogP contribution in [0.5, 0.6) is 0 Å². The Morgan fingerprint density at radius 3 is 1.55 bits per heavy atom. The molecular weight excluding hydrogens is 747 g/mol. The highest BCUT2D eigenvalue weighted by atomic mass is 32.2. The van der Waals surface area contributed by atoms with Gasteiger partial charge < -0.3 is 5.32 Å². The summed E-state index contributed by atoms with van der Waals surface area (Å²) < 4.78 is 0. The van der Waals surface area contributed by atoms with Crippen LogP contribution in [-0.4, -0.2) is 31.4 Å². The summed E-state index contributed by atoms with van der Waals surface area (Å²) in [4.78, 5) is 13.9. The van der Waals surface area contributed by atoms with Crippen LogP contribution in [0.15, 0.2) is 60.8 Å². The Balaban J connectivity index is 2.55. The molecule has 0 saturated heterocycles. The topological polar surface area (TPSA) is 29.1 Å².